The van der Waals surface area contributed by atoms with Crippen LogP contribution in [0.2, 0.25) is 0 Å². The molecule has 6 nitrogen and oxygen atoms in total. The highest BCUT2D eigenvalue weighted by Gasteiger charge is 2.45. The minimum absolute atomic E-state index is 0.0570. The lowest BCUT2D eigenvalue weighted by Crippen LogP contribution is -2.44. The fraction of sp³-hybridized carbons (Fsp3) is 0.500. The summed E-state index contributed by atoms with van der Waals surface area (Å²) >= 11 is 0. The second-order valence-corrected chi connectivity index (χ2v) is 7.34. The number of alkyl halides is 2. The molecular weight excluding hydrogens is 330 g/mol. The van der Waals surface area contributed by atoms with E-state index >= 15 is 0 Å². The van der Waals surface area contributed by atoms with Gasteiger partial charge in [-0.15, -0.1) is 0 Å². The molecule has 1 aliphatic rings. The van der Waals surface area contributed by atoms with Crippen molar-refractivity contribution in [1.82, 2.24) is 8.61 Å². The van der Waals surface area contributed by atoms with E-state index in [1.54, 1.807) is 30.3 Å². The summed E-state index contributed by atoms with van der Waals surface area (Å²) in [5.41, 5.74) is 0.660. The van der Waals surface area contributed by atoms with Gasteiger partial charge in [0.15, 0.2) is 0 Å². The van der Waals surface area contributed by atoms with Crippen molar-refractivity contribution in [2.24, 2.45) is 0 Å². The molecule has 0 radical (unpaired) electrons. The highest BCUT2D eigenvalue weighted by atomic mass is 32.2. The van der Waals surface area contributed by atoms with Gasteiger partial charge in [0.05, 0.1) is 13.0 Å². The second-order valence-electron chi connectivity index (χ2n) is 5.41. The Labute approximate surface area is 133 Å². The molecule has 0 atom stereocenters. The van der Waals surface area contributed by atoms with Crippen LogP contribution in [-0.2, 0) is 21.5 Å². The normalized spacial score (nSPS) is 18.4. The van der Waals surface area contributed by atoms with Crippen LogP contribution in [-0.4, -0.2) is 53.7 Å². The standard InChI is InChI=1S/C14H18F2N2O4S/c15-14(16)7-9-18(11-14)23(21,22)17(8-6-13(19)20)10-12-4-2-1-3-5-12/h1-5H,6-11H2,(H,19,20). The number of hydrogen-bond acceptors (Lipinski definition) is 3. The van der Waals surface area contributed by atoms with Crippen LogP contribution >= 0.6 is 0 Å². The number of rotatable bonds is 7. The summed E-state index contributed by atoms with van der Waals surface area (Å²) < 4.78 is 53.4. The maximum Gasteiger partial charge on any atom is 0.304 e. The summed E-state index contributed by atoms with van der Waals surface area (Å²) in [6.07, 6.45) is -0.916. The van der Waals surface area contributed by atoms with Gasteiger partial charge >= 0.3 is 5.97 Å². The van der Waals surface area contributed by atoms with Gasteiger partial charge in [-0.25, -0.2) is 8.78 Å². The smallest absolute Gasteiger partial charge is 0.304 e. The van der Waals surface area contributed by atoms with Crippen LogP contribution in [0, 0.1) is 0 Å². The average molecular weight is 348 g/mol. The van der Waals surface area contributed by atoms with Crippen molar-refractivity contribution in [3.8, 4) is 0 Å². The summed E-state index contributed by atoms with van der Waals surface area (Å²) in [6, 6.07) is 8.60. The third-order valence-electron chi connectivity index (χ3n) is 3.56. The van der Waals surface area contributed by atoms with Crippen LogP contribution in [0.4, 0.5) is 8.78 Å². The van der Waals surface area contributed by atoms with E-state index in [0.29, 0.717) is 5.56 Å². The number of carbonyl (C=O) groups is 1. The van der Waals surface area contributed by atoms with Crippen LogP contribution in [0.1, 0.15) is 18.4 Å². The molecule has 1 heterocycles. The van der Waals surface area contributed by atoms with Gasteiger partial charge in [0.2, 0.25) is 0 Å². The summed E-state index contributed by atoms with van der Waals surface area (Å²) in [4.78, 5) is 10.8. The Morgan fingerprint density at radius 1 is 1.30 bits per heavy atom. The van der Waals surface area contributed by atoms with E-state index in [2.05, 4.69) is 0 Å². The van der Waals surface area contributed by atoms with Crippen LogP contribution in [0.25, 0.3) is 0 Å². The number of nitrogens with zero attached hydrogens (tertiary/aromatic N) is 2. The molecular formula is C14H18F2N2O4S. The number of benzene rings is 1. The molecule has 128 valence electrons. The predicted molar refractivity (Wildman–Crippen MR) is 79.2 cm³/mol. The Hall–Kier alpha value is -1.58. The zero-order chi connectivity index (χ0) is 17.1. The number of halogens is 2. The number of aliphatic carboxylic acids is 1. The lowest BCUT2D eigenvalue weighted by Gasteiger charge is -2.27. The Morgan fingerprint density at radius 3 is 2.48 bits per heavy atom. The van der Waals surface area contributed by atoms with Crippen LogP contribution < -0.4 is 0 Å². The first-order valence-corrected chi connectivity index (χ1v) is 8.49. The molecule has 0 spiro atoms. The third kappa shape index (κ3) is 4.69. The van der Waals surface area contributed by atoms with Gasteiger partial charge in [0.1, 0.15) is 0 Å². The summed E-state index contributed by atoms with van der Waals surface area (Å²) in [7, 11) is -4.14. The van der Waals surface area contributed by atoms with E-state index in [0.717, 1.165) is 8.61 Å². The molecule has 0 aromatic heterocycles. The molecule has 1 N–H and O–H groups in total. The zero-order valence-corrected chi connectivity index (χ0v) is 13.2. The van der Waals surface area contributed by atoms with Gasteiger partial charge in [-0.1, -0.05) is 30.3 Å². The Bertz CT molecular complexity index is 652. The highest BCUT2D eigenvalue weighted by Crippen LogP contribution is 2.30. The minimum atomic E-state index is -4.14. The number of hydrogen-bond donors (Lipinski definition) is 1. The van der Waals surface area contributed by atoms with E-state index < -0.39 is 41.5 Å². The quantitative estimate of drug-likeness (QED) is 0.811. The Balaban J connectivity index is 2.19. The van der Waals surface area contributed by atoms with Gasteiger partial charge in [-0.2, -0.15) is 17.0 Å². The van der Waals surface area contributed by atoms with E-state index in [1.165, 1.54) is 0 Å². The van der Waals surface area contributed by atoms with Gasteiger partial charge in [-0.05, 0) is 5.56 Å². The molecule has 2 rings (SSSR count). The molecule has 0 saturated carbocycles. The van der Waals surface area contributed by atoms with E-state index in [-0.39, 0.29) is 19.6 Å². The lowest BCUT2D eigenvalue weighted by molar-refractivity contribution is -0.137. The maximum absolute atomic E-state index is 13.3. The van der Waals surface area contributed by atoms with Crippen molar-refractivity contribution in [1.29, 1.82) is 0 Å². The average Bonchev–Trinajstić information content (AvgIpc) is 2.85. The SMILES string of the molecule is O=C(O)CCN(Cc1ccccc1)S(=O)(=O)N1CCC(F)(F)C1. The molecule has 0 bridgehead atoms. The van der Waals surface area contributed by atoms with Gasteiger partial charge < -0.3 is 5.11 Å². The summed E-state index contributed by atoms with van der Waals surface area (Å²) in [5, 5.41) is 8.79. The van der Waals surface area contributed by atoms with E-state index in [9.17, 15) is 22.0 Å². The molecule has 0 aliphatic carbocycles. The summed E-state index contributed by atoms with van der Waals surface area (Å²) in [5.74, 6) is -4.19. The number of carboxylic acids is 1. The molecule has 1 aromatic rings. The molecule has 1 fully saturated rings. The van der Waals surface area contributed by atoms with Gasteiger partial charge in [0.25, 0.3) is 16.1 Å². The fourth-order valence-electron chi connectivity index (χ4n) is 2.35. The fourth-order valence-corrected chi connectivity index (χ4v) is 3.98. The lowest BCUT2D eigenvalue weighted by atomic mass is 10.2. The number of carboxylic acid groups (broad SMARTS) is 1. The van der Waals surface area contributed by atoms with Gasteiger partial charge in [-0.3, -0.25) is 4.79 Å². The van der Waals surface area contributed by atoms with Crippen LogP contribution in [0.3, 0.4) is 0 Å². The van der Waals surface area contributed by atoms with E-state index in [4.69, 9.17) is 5.11 Å². The first-order chi connectivity index (χ1) is 10.7. The molecule has 0 amide bonds. The molecule has 23 heavy (non-hydrogen) atoms. The minimum Gasteiger partial charge on any atom is -0.481 e. The molecule has 1 aromatic carbocycles. The van der Waals surface area contributed by atoms with Crippen molar-refractivity contribution in [2.45, 2.75) is 25.3 Å². The largest absolute Gasteiger partial charge is 0.481 e. The monoisotopic (exact) mass is 348 g/mol. The first kappa shape index (κ1) is 17.8. The maximum atomic E-state index is 13.3. The second kappa shape index (κ2) is 6.90. The Kier molecular flexibility index (Phi) is 5.33. The molecule has 9 heteroatoms. The first-order valence-electron chi connectivity index (χ1n) is 7.09. The molecule has 0 unspecified atom stereocenters. The third-order valence-corrected chi connectivity index (χ3v) is 5.49. The van der Waals surface area contributed by atoms with Crippen molar-refractivity contribution in [3.63, 3.8) is 0 Å². The molecule has 1 aliphatic heterocycles. The molecule has 1 saturated heterocycles. The van der Waals surface area contributed by atoms with Crippen molar-refractivity contribution in [2.75, 3.05) is 19.6 Å². The summed E-state index contributed by atoms with van der Waals surface area (Å²) in [6.45, 7) is -1.46. The highest BCUT2D eigenvalue weighted by molar-refractivity contribution is 7.86. The van der Waals surface area contributed by atoms with E-state index in [1.807, 2.05) is 0 Å². The van der Waals surface area contributed by atoms with Crippen molar-refractivity contribution < 1.29 is 27.1 Å². The van der Waals surface area contributed by atoms with Crippen LogP contribution in [0.15, 0.2) is 30.3 Å². The predicted octanol–water partition coefficient (Wildman–Crippen LogP) is 1.55. The van der Waals surface area contributed by atoms with Crippen molar-refractivity contribution in [3.05, 3.63) is 35.9 Å². The topological polar surface area (TPSA) is 77.9 Å². The van der Waals surface area contributed by atoms with Crippen LogP contribution in [0.5, 0.6) is 0 Å². The van der Waals surface area contributed by atoms with Crippen molar-refractivity contribution >= 4 is 16.2 Å². The van der Waals surface area contributed by atoms with Gasteiger partial charge in [0, 0.05) is 26.1 Å². The Morgan fingerprint density at radius 2 is 1.96 bits per heavy atom. The zero-order valence-electron chi connectivity index (χ0n) is 12.4.